The smallest absolute Gasteiger partial charge is 0.416 e. The predicted molar refractivity (Wildman–Crippen MR) is 51.5 cm³/mol. The average Bonchev–Trinajstić information content (AvgIpc) is 2.59. The summed E-state index contributed by atoms with van der Waals surface area (Å²) in [4.78, 5) is 14.3. The Bertz CT molecular complexity index is 574. The van der Waals surface area contributed by atoms with Gasteiger partial charge >= 0.3 is 12.1 Å². The third kappa shape index (κ3) is 2.22. The highest BCUT2D eigenvalue weighted by molar-refractivity contribution is 5.70. The summed E-state index contributed by atoms with van der Waals surface area (Å²) in [6, 6.07) is 1.77. The molecule has 0 spiro atoms. The Morgan fingerprint density at radius 2 is 2.18 bits per heavy atom. The summed E-state index contributed by atoms with van der Waals surface area (Å²) < 4.78 is 38.5. The maximum Gasteiger partial charge on any atom is 0.416 e. The molecule has 2 aromatic rings. The van der Waals surface area contributed by atoms with E-state index < -0.39 is 17.7 Å². The van der Waals surface area contributed by atoms with Gasteiger partial charge < -0.3 is 9.51 Å². The Hall–Kier alpha value is -2.05. The van der Waals surface area contributed by atoms with E-state index in [1.807, 2.05) is 0 Å². The topological polar surface area (TPSA) is 54.6 Å². The molecule has 0 aromatic carbocycles. The van der Waals surface area contributed by atoms with Crippen LogP contribution in [-0.4, -0.2) is 20.5 Å². The van der Waals surface area contributed by atoms with Gasteiger partial charge in [0.15, 0.2) is 0 Å². The number of halogens is 3. The molecule has 2 aromatic heterocycles. The number of nitrogens with zero attached hydrogens (tertiary/aromatic N) is 2. The van der Waals surface area contributed by atoms with Crippen molar-refractivity contribution in [2.24, 2.45) is 0 Å². The van der Waals surface area contributed by atoms with Crippen LogP contribution < -0.4 is 0 Å². The van der Waals surface area contributed by atoms with Crippen LogP contribution in [0.2, 0.25) is 0 Å². The molecule has 0 saturated carbocycles. The maximum absolute atomic E-state index is 12.4. The molecule has 0 saturated heterocycles. The number of hydrogen-bond acceptors (Lipinski definition) is 2. The molecule has 2 rings (SSSR count). The number of carbonyl (C=O) groups is 1. The number of hydrogen-bond donors (Lipinski definition) is 1. The fourth-order valence-electron chi connectivity index (χ4n) is 1.50. The fraction of sp³-hybridized carbons (Fsp3) is 0.200. The van der Waals surface area contributed by atoms with E-state index in [1.54, 1.807) is 0 Å². The average molecular weight is 244 g/mol. The first kappa shape index (κ1) is 11.4. The standard InChI is InChI=1S/C10H7F3N2O2/c11-10(12,13)6-1-2-15-7(4-9(16)17)5-14-8(15)3-6/h1-3,5H,4H2,(H,16,17). The van der Waals surface area contributed by atoms with E-state index >= 15 is 0 Å². The maximum atomic E-state index is 12.4. The number of carboxylic acids is 1. The summed E-state index contributed by atoms with van der Waals surface area (Å²) in [6.07, 6.45) is -2.29. The van der Waals surface area contributed by atoms with Gasteiger partial charge in [-0.1, -0.05) is 0 Å². The molecule has 0 amide bonds. The lowest BCUT2D eigenvalue weighted by atomic mass is 10.2. The summed E-state index contributed by atoms with van der Waals surface area (Å²) in [6.45, 7) is 0. The molecule has 0 aliphatic rings. The first-order valence-electron chi connectivity index (χ1n) is 4.63. The minimum Gasteiger partial charge on any atom is -0.481 e. The van der Waals surface area contributed by atoms with Crippen molar-refractivity contribution in [3.8, 4) is 0 Å². The number of alkyl halides is 3. The minimum atomic E-state index is -4.43. The van der Waals surface area contributed by atoms with Crippen LogP contribution in [0.4, 0.5) is 13.2 Å². The summed E-state index contributed by atoms with van der Waals surface area (Å²) >= 11 is 0. The molecule has 0 atom stereocenters. The Kier molecular flexibility index (Phi) is 2.53. The van der Waals surface area contributed by atoms with Gasteiger partial charge in [-0.2, -0.15) is 13.2 Å². The summed E-state index contributed by atoms with van der Waals surface area (Å²) in [7, 11) is 0. The van der Waals surface area contributed by atoms with Gasteiger partial charge in [0.25, 0.3) is 0 Å². The monoisotopic (exact) mass is 244 g/mol. The van der Waals surface area contributed by atoms with Crippen LogP contribution in [-0.2, 0) is 17.4 Å². The van der Waals surface area contributed by atoms with Crippen LogP contribution >= 0.6 is 0 Å². The summed E-state index contributed by atoms with van der Waals surface area (Å²) in [5.41, 5.74) is -0.394. The largest absolute Gasteiger partial charge is 0.481 e. The van der Waals surface area contributed by atoms with Gasteiger partial charge in [-0.15, -0.1) is 0 Å². The van der Waals surface area contributed by atoms with Crippen LogP contribution in [0.25, 0.3) is 5.65 Å². The zero-order chi connectivity index (χ0) is 12.6. The van der Waals surface area contributed by atoms with Crippen molar-refractivity contribution in [3.05, 3.63) is 35.8 Å². The van der Waals surface area contributed by atoms with E-state index in [0.717, 1.165) is 12.1 Å². The highest BCUT2D eigenvalue weighted by Gasteiger charge is 2.30. The van der Waals surface area contributed by atoms with Gasteiger partial charge in [0.05, 0.1) is 17.7 Å². The molecule has 7 heteroatoms. The highest BCUT2D eigenvalue weighted by atomic mass is 19.4. The van der Waals surface area contributed by atoms with Crippen molar-refractivity contribution >= 4 is 11.6 Å². The van der Waals surface area contributed by atoms with Crippen LogP contribution in [0.5, 0.6) is 0 Å². The number of aliphatic carboxylic acids is 1. The number of aromatic nitrogens is 2. The van der Waals surface area contributed by atoms with Crippen LogP contribution in [0.1, 0.15) is 11.3 Å². The zero-order valence-corrected chi connectivity index (χ0v) is 8.40. The van der Waals surface area contributed by atoms with Crippen molar-refractivity contribution in [1.29, 1.82) is 0 Å². The SMILES string of the molecule is O=C(O)Cc1cnc2cc(C(F)(F)F)ccn12. The van der Waals surface area contributed by atoms with E-state index in [2.05, 4.69) is 4.98 Å². The third-order valence-electron chi connectivity index (χ3n) is 2.25. The van der Waals surface area contributed by atoms with Gasteiger partial charge in [0, 0.05) is 12.4 Å². The summed E-state index contributed by atoms with van der Waals surface area (Å²) in [5, 5.41) is 8.61. The number of imidazole rings is 1. The van der Waals surface area contributed by atoms with Gasteiger partial charge in [0.1, 0.15) is 5.65 Å². The molecule has 4 nitrogen and oxygen atoms in total. The van der Waals surface area contributed by atoms with E-state index in [-0.39, 0.29) is 12.1 Å². The molecule has 1 N–H and O–H groups in total. The van der Waals surface area contributed by atoms with Crippen molar-refractivity contribution < 1.29 is 23.1 Å². The first-order chi connectivity index (χ1) is 7.88. The van der Waals surface area contributed by atoms with Crippen molar-refractivity contribution in [3.63, 3.8) is 0 Å². The Morgan fingerprint density at radius 3 is 2.76 bits per heavy atom. The predicted octanol–water partition coefficient (Wildman–Crippen LogP) is 1.98. The van der Waals surface area contributed by atoms with E-state index in [0.29, 0.717) is 5.69 Å². The van der Waals surface area contributed by atoms with E-state index in [9.17, 15) is 18.0 Å². The van der Waals surface area contributed by atoms with Gasteiger partial charge in [-0.25, -0.2) is 4.98 Å². The third-order valence-corrected chi connectivity index (χ3v) is 2.25. The zero-order valence-electron chi connectivity index (χ0n) is 8.40. The van der Waals surface area contributed by atoms with Crippen molar-refractivity contribution in [2.75, 3.05) is 0 Å². The molecule has 0 bridgehead atoms. The highest BCUT2D eigenvalue weighted by Crippen LogP contribution is 2.29. The lowest BCUT2D eigenvalue weighted by molar-refractivity contribution is -0.138. The molecule has 0 radical (unpaired) electrons. The lowest BCUT2D eigenvalue weighted by Crippen LogP contribution is -2.07. The first-order valence-corrected chi connectivity index (χ1v) is 4.63. The second-order valence-corrected chi connectivity index (χ2v) is 3.46. The van der Waals surface area contributed by atoms with Crippen LogP contribution in [0.3, 0.4) is 0 Å². The normalized spacial score (nSPS) is 11.9. The Labute approximate surface area is 93.3 Å². The van der Waals surface area contributed by atoms with Crippen molar-refractivity contribution in [2.45, 2.75) is 12.6 Å². The number of rotatable bonds is 2. The lowest BCUT2D eigenvalue weighted by Gasteiger charge is -2.06. The quantitative estimate of drug-likeness (QED) is 0.878. The fourth-order valence-corrected chi connectivity index (χ4v) is 1.50. The van der Waals surface area contributed by atoms with E-state index in [1.165, 1.54) is 16.8 Å². The van der Waals surface area contributed by atoms with Gasteiger partial charge in [-0.05, 0) is 12.1 Å². The van der Waals surface area contributed by atoms with Crippen LogP contribution in [0.15, 0.2) is 24.5 Å². The van der Waals surface area contributed by atoms with Gasteiger partial charge in [0.2, 0.25) is 0 Å². The Balaban J connectivity index is 2.48. The number of carboxylic acid groups (broad SMARTS) is 1. The molecule has 2 heterocycles. The molecule has 17 heavy (non-hydrogen) atoms. The van der Waals surface area contributed by atoms with Crippen molar-refractivity contribution in [1.82, 2.24) is 9.38 Å². The second kappa shape index (κ2) is 3.76. The Morgan fingerprint density at radius 1 is 1.47 bits per heavy atom. The molecular weight excluding hydrogens is 237 g/mol. The number of fused-ring (bicyclic) bond motifs is 1. The molecule has 0 aliphatic carbocycles. The molecular formula is C10H7F3N2O2. The summed E-state index contributed by atoms with van der Waals surface area (Å²) in [5.74, 6) is -1.06. The minimum absolute atomic E-state index is 0.0797. The molecule has 0 unspecified atom stereocenters. The molecule has 90 valence electrons. The van der Waals surface area contributed by atoms with E-state index in [4.69, 9.17) is 5.11 Å². The van der Waals surface area contributed by atoms with Crippen LogP contribution in [0, 0.1) is 0 Å². The second-order valence-electron chi connectivity index (χ2n) is 3.46. The molecule has 0 fully saturated rings. The number of pyridine rings is 1. The van der Waals surface area contributed by atoms with Gasteiger partial charge in [-0.3, -0.25) is 4.79 Å². The molecule has 0 aliphatic heterocycles.